The van der Waals surface area contributed by atoms with Gasteiger partial charge in [0.2, 0.25) is 0 Å². The van der Waals surface area contributed by atoms with E-state index in [0.717, 1.165) is 19.3 Å². The van der Waals surface area contributed by atoms with Gasteiger partial charge in [-0.15, -0.1) is 0 Å². The predicted octanol–water partition coefficient (Wildman–Crippen LogP) is 1.65. The van der Waals surface area contributed by atoms with Crippen molar-refractivity contribution in [3.63, 3.8) is 0 Å². The van der Waals surface area contributed by atoms with Gasteiger partial charge in [0.1, 0.15) is 6.54 Å². The Morgan fingerprint density at radius 1 is 1.12 bits per heavy atom. The molecule has 2 rings (SSSR count). The van der Waals surface area contributed by atoms with Crippen LogP contribution in [-0.2, 0) is 14.3 Å². The monoisotopic (exact) mass is 332 g/mol. The van der Waals surface area contributed by atoms with E-state index in [1.54, 1.807) is 30.3 Å². The third kappa shape index (κ3) is 5.68. The zero-order valence-electron chi connectivity index (χ0n) is 13.9. The summed E-state index contributed by atoms with van der Waals surface area (Å²) < 4.78 is 4.90. The number of carbonyl (C=O) groups is 3. The predicted molar refractivity (Wildman–Crippen MR) is 89.3 cm³/mol. The van der Waals surface area contributed by atoms with Gasteiger partial charge in [-0.3, -0.25) is 14.4 Å². The van der Waals surface area contributed by atoms with E-state index in [9.17, 15) is 14.4 Å². The summed E-state index contributed by atoms with van der Waals surface area (Å²) in [6.45, 7) is 1.54. The van der Waals surface area contributed by atoms with Crippen LogP contribution in [0.5, 0.6) is 0 Å². The number of carbonyl (C=O) groups excluding carboxylic acids is 3. The summed E-state index contributed by atoms with van der Waals surface area (Å²) in [6, 6.07) is 8.74. The van der Waals surface area contributed by atoms with Crippen LogP contribution in [-0.4, -0.2) is 37.0 Å². The first-order chi connectivity index (χ1) is 11.6. The molecule has 24 heavy (non-hydrogen) atoms. The van der Waals surface area contributed by atoms with Crippen LogP contribution in [0.25, 0.3) is 0 Å². The molecule has 1 aliphatic rings. The second-order valence-electron chi connectivity index (χ2n) is 6.15. The van der Waals surface area contributed by atoms with Crippen LogP contribution in [0.3, 0.4) is 0 Å². The van der Waals surface area contributed by atoms with Crippen molar-refractivity contribution in [3.05, 3.63) is 35.9 Å². The maximum Gasteiger partial charge on any atom is 0.325 e. The molecule has 130 valence electrons. The Morgan fingerprint density at radius 3 is 2.54 bits per heavy atom. The lowest BCUT2D eigenvalue weighted by atomic mass is 9.86. The largest absolute Gasteiger partial charge is 0.454 e. The van der Waals surface area contributed by atoms with Crippen LogP contribution < -0.4 is 10.6 Å². The van der Waals surface area contributed by atoms with Gasteiger partial charge in [0.15, 0.2) is 6.61 Å². The van der Waals surface area contributed by atoms with E-state index in [-0.39, 0.29) is 31.0 Å². The van der Waals surface area contributed by atoms with Crippen LogP contribution in [0.4, 0.5) is 0 Å². The van der Waals surface area contributed by atoms with Crippen molar-refractivity contribution < 1.29 is 19.1 Å². The maximum absolute atomic E-state index is 11.8. The minimum atomic E-state index is -0.633. The molecule has 0 aliphatic heterocycles. The molecule has 6 nitrogen and oxygen atoms in total. The molecule has 0 unspecified atom stereocenters. The number of esters is 1. The van der Waals surface area contributed by atoms with Gasteiger partial charge >= 0.3 is 5.97 Å². The van der Waals surface area contributed by atoms with Crippen molar-refractivity contribution in [2.45, 2.75) is 38.6 Å². The second kappa shape index (κ2) is 9.05. The van der Waals surface area contributed by atoms with E-state index in [1.165, 1.54) is 6.42 Å². The molecule has 2 atom stereocenters. The van der Waals surface area contributed by atoms with E-state index >= 15 is 0 Å². The number of hydrogen-bond donors (Lipinski definition) is 2. The van der Waals surface area contributed by atoms with Gasteiger partial charge in [0.05, 0.1) is 0 Å². The quantitative estimate of drug-likeness (QED) is 0.776. The number of hydrogen-bond acceptors (Lipinski definition) is 4. The van der Waals surface area contributed by atoms with Crippen molar-refractivity contribution in [3.8, 4) is 0 Å². The number of benzene rings is 1. The van der Waals surface area contributed by atoms with Crippen LogP contribution >= 0.6 is 0 Å². The fourth-order valence-electron chi connectivity index (χ4n) is 2.82. The maximum atomic E-state index is 11.8. The fraction of sp³-hybridized carbons (Fsp3) is 0.500. The van der Waals surface area contributed by atoms with Crippen molar-refractivity contribution in [2.75, 3.05) is 13.2 Å². The van der Waals surface area contributed by atoms with E-state index in [4.69, 9.17) is 4.74 Å². The summed E-state index contributed by atoms with van der Waals surface area (Å²) >= 11 is 0. The summed E-state index contributed by atoms with van der Waals surface area (Å²) in [4.78, 5) is 35.3. The Labute approximate surface area is 142 Å². The molecule has 0 aromatic heterocycles. The van der Waals surface area contributed by atoms with Gasteiger partial charge in [0, 0.05) is 11.6 Å². The molecule has 1 fully saturated rings. The first-order valence-corrected chi connectivity index (χ1v) is 8.34. The van der Waals surface area contributed by atoms with Crippen LogP contribution in [0.1, 0.15) is 43.0 Å². The summed E-state index contributed by atoms with van der Waals surface area (Å²) in [6.07, 6.45) is 4.38. The minimum absolute atomic E-state index is 0.155. The minimum Gasteiger partial charge on any atom is -0.454 e. The molecule has 1 aliphatic carbocycles. The average Bonchev–Trinajstić information content (AvgIpc) is 2.60. The van der Waals surface area contributed by atoms with Crippen molar-refractivity contribution in [1.29, 1.82) is 0 Å². The van der Waals surface area contributed by atoms with Gasteiger partial charge in [-0.25, -0.2) is 0 Å². The summed E-state index contributed by atoms with van der Waals surface area (Å²) in [5.74, 6) is -0.834. The van der Waals surface area contributed by atoms with Crippen molar-refractivity contribution >= 4 is 17.8 Å². The van der Waals surface area contributed by atoms with E-state index in [0.29, 0.717) is 11.5 Å². The first kappa shape index (κ1) is 18.0. The zero-order valence-corrected chi connectivity index (χ0v) is 13.9. The third-order valence-electron chi connectivity index (χ3n) is 4.25. The SMILES string of the molecule is C[C@@H]1CCCC[C@@H]1NC(=O)COC(=O)CNC(=O)c1ccccc1. The van der Waals surface area contributed by atoms with E-state index in [2.05, 4.69) is 17.6 Å². The Bertz CT molecular complexity index is 574. The third-order valence-corrected chi connectivity index (χ3v) is 4.25. The van der Waals surface area contributed by atoms with Gasteiger partial charge in [0.25, 0.3) is 11.8 Å². The highest BCUT2D eigenvalue weighted by molar-refractivity contribution is 5.96. The highest BCUT2D eigenvalue weighted by Crippen LogP contribution is 2.23. The molecule has 0 radical (unpaired) electrons. The molecular formula is C18H24N2O4. The lowest BCUT2D eigenvalue weighted by molar-refractivity contribution is -0.147. The van der Waals surface area contributed by atoms with E-state index < -0.39 is 5.97 Å². The molecule has 2 amide bonds. The van der Waals surface area contributed by atoms with Crippen LogP contribution in [0, 0.1) is 5.92 Å². The van der Waals surface area contributed by atoms with Gasteiger partial charge < -0.3 is 15.4 Å². The molecule has 0 heterocycles. The molecule has 0 saturated heterocycles. The van der Waals surface area contributed by atoms with Crippen LogP contribution in [0.2, 0.25) is 0 Å². The summed E-state index contributed by atoms with van der Waals surface area (Å²) in [7, 11) is 0. The molecular weight excluding hydrogens is 308 g/mol. The van der Waals surface area contributed by atoms with Crippen molar-refractivity contribution in [2.24, 2.45) is 5.92 Å². The van der Waals surface area contributed by atoms with E-state index in [1.807, 2.05) is 0 Å². The number of ether oxygens (including phenoxy) is 1. The number of nitrogens with one attached hydrogen (secondary N) is 2. The number of amides is 2. The lowest BCUT2D eigenvalue weighted by Gasteiger charge is -2.29. The molecule has 1 aromatic rings. The topological polar surface area (TPSA) is 84.5 Å². The molecule has 1 saturated carbocycles. The standard InChI is InChI=1S/C18H24N2O4/c1-13-7-5-6-10-15(13)20-16(21)12-24-17(22)11-19-18(23)14-8-3-2-4-9-14/h2-4,8-9,13,15H,5-7,10-12H2,1H3,(H,19,23)(H,20,21)/t13-,15+/m1/s1. The molecule has 1 aromatic carbocycles. The zero-order chi connectivity index (χ0) is 17.4. The highest BCUT2D eigenvalue weighted by Gasteiger charge is 2.23. The molecule has 0 spiro atoms. The summed E-state index contributed by atoms with van der Waals surface area (Å²) in [5, 5.41) is 5.38. The fourth-order valence-corrected chi connectivity index (χ4v) is 2.82. The normalized spacial score (nSPS) is 20.0. The Hall–Kier alpha value is -2.37. The number of rotatable bonds is 6. The van der Waals surface area contributed by atoms with Gasteiger partial charge in [-0.05, 0) is 30.9 Å². The molecule has 0 bridgehead atoms. The average molecular weight is 332 g/mol. The Kier molecular flexibility index (Phi) is 6.78. The van der Waals surface area contributed by atoms with Gasteiger partial charge in [-0.2, -0.15) is 0 Å². The summed E-state index contributed by atoms with van der Waals surface area (Å²) in [5.41, 5.74) is 0.467. The lowest BCUT2D eigenvalue weighted by Crippen LogP contribution is -2.43. The van der Waals surface area contributed by atoms with Crippen LogP contribution in [0.15, 0.2) is 30.3 Å². The van der Waals surface area contributed by atoms with Crippen molar-refractivity contribution in [1.82, 2.24) is 10.6 Å². The molecule has 2 N–H and O–H groups in total. The second-order valence-corrected chi connectivity index (χ2v) is 6.15. The highest BCUT2D eigenvalue weighted by atomic mass is 16.5. The Balaban J connectivity index is 1.65. The first-order valence-electron chi connectivity index (χ1n) is 8.34. The Morgan fingerprint density at radius 2 is 1.83 bits per heavy atom. The molecule has 6 heteroatoms. The van der Waals surface area contributed by atoms with Gasteiger partial charge in [-0.1, -0.05) is 38.0 Å². The smallest absolute Gasteiger partial charge is 0.325 e.